The van der Waals surface area contributed by atoms with Gasteiger partial charge < -0.3 is 37.6 Å². The van der Waals surface area contributed by atoms with E-state index in [1.807, 2.05) is 59.3 Å². The van der Waals surface area contributed by atoms with Crippen molar-refractivity contribution in [3.05, 3.63) is 71.1 Å². The molecule has 6 heterocycles. The molecular formula is C49H58N10O8S3. The number of aromatic nitrogens is 3. The number of nitrogens with zero attached hydrogens (tertiary/aromatic N) is 4. The number of nitrogens with two attached hydrogens (primary N) is 2. The minimum absolute atomic E-state index is 0.0152. The summed E-state index contributed by atoms with van der Waals surface area (Å²) in [7, 11) is 0. The minimum Gasteiger partial charge on any atom is -0.370 e. The van der Waals surface area contributed by atoms with Crippen molar-refractivity contribution in [2.24, 2.45) is 23.3 Å². The molecule has 7 amide bonds. The highest BCUT2D eigenvalue weighted by Crippen LogP contribution is 2.39. The molecule has 70 heavy (non-hydrogen) atoms. The first-order valence-corrected chi connectivity index (χ1v) is 26.5. The first kappa shape index (κ1) is 50.1. The molecule has 1 aromatic carbocycles. The van der Waals surface area contributed by atoms with Crippen molar-refractivity contribution < 1.29 is 38.4 Å². The van der Waals surface area contributed by atoms with E-state index in [9.17, 15) is 28.8 Å². The number of benzene rings is 1. The van der Waals surface area contributed by atoms with Crippen molar-refractivity contribution in [2.75, 3.05) is 13.1 Å². The van der Waals surface area contributed by atoms with Crippen LogP contribution in [0.3, 0.4) is 0 Å². The van der Waals surface area contributed by atoms with Crippen molar-refractivity contribution >= 4 is 91.2 Å². The fourth-order valence-corrected chi connectivity index (χ4v) is 12.6. The largest absolute Gasteiger partial charge is 0.370 e. The van der Waals surface area contributed by atoms with Gasteiger partial charge in [-0.1, -0.05) is 48.7 Å². The number of amides is 7. The number of hydrogen-bond donors (Lipinski definition) is 6. The highest BCUT2D eigenvalue weighted by Gasteiger charge is 2.46. The maximum atomic E-state index is 15.4. The van der Waals surface area contributed by atoms with Gasteiger partial charge >= 0.3 is 0 Å². The second-order valence-corrected chi connectivity index (χ2v) is 21.4. The number of nitrogens with one attached hydrogen (secondary N) is 4. The molecule has 370 valence electrons. The molecule has 1 saturated carbocycles. The highest BCUT2D eigenvalue weighted by atomic mass is 32.1. The Hall–Kier alpha value is -6.32. The van der Waals surface area contributed by atoms with Crippen molar-refractivity contribution in [3.63, 3.8) is 0 Å². The predicted molar refractivity (Wildman–Crippen MR) is 266 cm³/mol. The third kappa shape index (κ3) is 12.3. The van der Waals surface area contributed by atoms with Crippen LogP contribution in [0.1, 0.15) is 95.1 Å². The molecule has 18 nitrogen and oxygen atoms in total. The molecule has 0 radical (unpaired) electrons. The van der Waals surface area contributed by atoms with Gasteiger partial charge in [-0.2, -0.15) is 0 Å². The molecule has 1 aliphatic carbocycles. The van der Waals surface area contributed by atoms with Crippen LogP contribution in [0, 0.1) is 11.8 Å². The van der Waals surface area contributed by atoms with Gasteiger partial charge in [-0.15, -0.1) is 39.1 Å². The van der Waals surface area contributed by atoms with Crippen molar-refractivity contribution in [1.29, 1.82) is 0 Å². The Morgan fingerprint density at radius 3 is 2.31 bits per heavy atom. The molecule has 0 bridgehead atoms. The molecule has 4 aromatic heterocycles. The van der Waals surface area contributed by atoms with E-state index in [2.05, 4.69) is 31.6 Å². The SMILES string of the molecule is NC(=O)C[C@@H]1NC(=O)CCC(=O)NCCCC[C@@H](C(N)=O)NC(=O)[C@H](Cc2csc3ccccc23)NC(=O)[C@@H]2C[C@H](n3cc(-c4ccc(-c5cccs5)s4)nn3)CN2C(=O)[C@H](C2CCCCC2)CC1=O. The molecule has 3 fully saturated rings. The normalized spacial score (nSPS) is 24.4. The Bertz CT molecular complexity index is 2710. The van der Waals surface area contributed by atoms with Gasteiger partial charge in [-0.25, -0.2) is 4.68 Å². The lowest BCUT2D eigenvalue weighted by Gasteiger charge is -2.35. The molecule has 8 rings (SSSR count). The van der Waals surface area contributed by atoms with E-state index >= 15 is 9.59 Å². The molecule has 21 heteroatoms. The molecule has 0 spiro atoms. The lowest BCUT2D eigenvalue weighted by Crippen LogP contribution is -2.57. The minimum atomic E-state index is -1.35. The lowest BCUT2D eigenvalue weighted by atomic mass is 9.76. The fourth-order valence-electron chi connectivity index (χ4n) is 9.83. The quantitative estimate of drug-likeness (QED) is 0.121. The van der Waals surface area contributed by atoms with Gasteiger partial charge in [0, 0.05) is 65.6 Å². The van der Waals surface area contributed by atoms with Crippen LogP contribution in [0.5, 0.6) is 0 Å². The maximum Gasteiger partial charge on any atom is 0.243 e. The van der Waals surface area contributed by atoms with Gasteiger partial charge in [0.25, 0.3) is 0 Å². The average Bonchev–Trinajstić information content (AvgIpc) is 4.21. The lowest BCUT2D eigenvalue weighted by molar-refractivity contribution is -0.146. The number of fused-ring (bicyclic) bond motifs is 2. The van der Waals surface area contributed by atoms with Gasteiger partial charge in [0.05, 0.1) is 29.6 Å². The maximum absolute atomic E-state index is 15.4. The monoisotopic (exact) mass is 1010 g/mol. The van der Waals surface area contributed by atoms with E-state index in [1.165, 1.54) is 16.2 Å². The molecule has 2 saturated heterocycles. The van der Waals surface area contributed by atoms with Crippen molar-refractivity contribution in [2.45, 2.75) is 120 Å². The second kappa shape index (κ2) is 23.1. The van der Waals surface area contributed by atoms with E-state index in [0.29, 0.717) is 31.4 Å². The summed E-state index contributed by atoms with van der Waals surface area (Å²) >= 11 is 4.69. The number of rotatable bonds is 9. The molecule has 2 aliphatic heterocycles. The van der Waals surface area contributed by atoms with Crippen LogP contribution in [-0.4, -0.2) is 104 Å². The first-order chi connectivity index (χ1) is 33.8. The van der Waals surface area contributed by atoms with E-state index < -0.39 is 89.7 Å². The smallest absolute Gasteiger partial charge is 0.243 e. The van der Waals surface area contributed by atoms with Crippen LogP contribution >= 0.6 is 34.0 Å². The van der Waals surface area contributed by atoms with E-state index in [0.717, 1.165) is 49.5 Å². The summed E-state index contributed by atoms with van der Waals surface area (Å²) in [4.78, 5) is 115. The zero-order valence-corrected chi connectivity index (χ0v) is 41.1. The standard InChI is InChI=1S/C49H58N10O8S3/c50-43(61)24-34-38(60)23-32(28-9-2-1-3-10-28)49(67)58-25-30(59-26-36(56-57-59)40-15-16-42(70-40)41-14-8-20-68-41)22-37(58)48(66)55-35(21-29-27-69-39-13-5-4-11-31(29)39)47(65)54-33(46(51)64)12-6-7-19-52-44(62)17-18-45(63)53-34/h4-5,8,11,13-16,20,26-28,30,32-35,37H,1-3,6-7,9-10,12,17-19,21-25H2,(H2,50,61)(H2,51,64)(H,52,62)(H,53,63)(H,54,65)(H,55,66)/t30-,32-,33-,34-,35-,37-/m0/s1. The van der Waals surface area contributed by atoms with Gasteiger partial charge in [0.15, 0.2) is 5.78 Å². The topological polar surface area (TPSA) is 271 Å². The van der Waals surface area contributed by atoms with Crippen LogP contribution in [0.15, 0.2) is 65.5 Å². The molecule has 8 N–H and O–H groups in total. The van der Waals surface area contributed by atoms with Gasteiger partial charge in [-0.3, -0.25) is 38.4 Å². The average molecular weight is 1010 g/mol. The highest BCUT2D eigenvalue weighted by molar-refractivity contribution is 7.23. The number of thiophene rings is 3. The Kier molecular flexibility index (Phi) is 16.5. The summed E-state index contributed by atoms with van der Waals surface area (Å²) in [6, 6.07) is 10.4. The van der Waals surface area contributed by atoms with E-state index in [4.69, 9.17) is 11.5 Å². The Labute approximate surface area is 416 Å². The predicted octanol–water partition coefficient (Wildman–Crippen LogP) is 4.39. The third-order valence-electron chi connectivity index (χ3n) is 13.6. The summed E-state index contributed by atoms with van der Waals surface area (Å²) in [6.07, 6.45) is 5.39. The Morgan fingerprint density at radius 2 is 1.54 bits per heavy atom. The van der Waals surface area contributed by atoms with E-state index in [1.54, 1.807) is 33.6 Å². The van der Waals surface area contributed by atoms with Crippen molar-refractivity contribution in [3.8, 4) is 20.3 Å². The van der Waals surface area contributed by atoms with Crippen LogP contribution < -0.4 is 32.7 Å². The molecular weight excluding hydrogens is 953 g/mol. The van der Waals surface area contributed by atoms with Gasteiger partial charge in [-0.05, 0) is 84.0 Å². The van der Waals surface area contributed by atoms with Crippen LogP contribution in [0.2, 0.25) is 0 Å². The zero-order chi connectivity index (χ0) is 49.3. The fraction of sp³-hybridized carbons (Fsp3) is 0.469. The number of carbonyl (C=O) groups is 8. The number of carbonyl (C=O) groups excluding carboxylic acids is 8. The summed E-state index contributed by atoms with van der Waals surface area (Å²) in [5, 5.41) is 24.9. The summed E-state index contributed by atoms with van der Waals surface area (Å²) in [5.41, 5.74) is 12.8. The summed E-state index contributed by atoms with van der Waals surface area (Å²) in [6.45, 7) is 0.226. The number of hydrogen-bond acceptors (Lipinski definition) is 13. The summed E-state index contributed by atoms with van der Waals surface area (Å²) < 4.78 is 2.63. The Morgan fingerprint density at radius 1 is 0.771 bits per heavy atom. The molecule has 3 aliphatic rings. The third-order valence-corrected chi connectivity index (χ3v) is 16.7. The second-order valence-electron chi connectivity index (χ2n) is 18.4. The van der Waals surface area contributed by atoms with Gasteiger partial charge in [0.2, 0.25) is 41.4 Å². The first-order valence-electron chi connectivity index (χ1n) is 23.9. The number of Topliss-reactive ketones (excluding diaryl/α,β-unsaturated/α-hetero) is 1. The Balaban J connectivity index is 1.15. The molecule has 6 atom stereocenters. The molecule has 0 unspecified atom stereocenters. The van der Waals surface area contributed by atoms with Crippen molar-refractivity contribution in [1.82, 2.24) is 41.2 Å². The molecule has 5 aromatic rings. The van der Waals surface area contributed by atoms with Crippen LogP contribution in [0.25, 0.3) is 30.4 Å². The van der Waals surface area contributed by atoms with Crippen LogP contribution in [-0.2, 0) is 44.8 Å². The summed E-state index contributed by atoms with van der Waals surface area (Å²) in [5.74, 6) is -6.17. The number of ketones is 1. The van der Waals surface area contributed by atoms with E-state index in [-0.39, 0.29) is 57.5 Å². The zero-order valence-electron chi connectivity index (χ0n) is 38.6. The van der Waals surface area contributed by atoms with Gasteiger partial charge in [0.1, 0.15) is 23.8 Å². The van der Waals surface area contributed by atoms with Crippen LogP contribution in [0.4, 0.5) is 0 Å². The number of primary amides is 2.